The number of thiocarbonyl (C=S) groups is 1. The number of guanidine groups is 1. The fourth-order valence-corrected chi connectivity index (χ4v) is 4.62. The van der Waals surface area contributed by atoms with Crippen LogP contribution in [0.2, 0.25) is 5.02 Å². The van der Waals surface area contributed by atoms with Gasteiger partial charge < -0.3 is 10.6 Å². The summed E-state index contributed by atoms with van der Waals surface area (Å²) in [6.45, 7) is 7.36. The van der Waals surface area contributed by atoms with Gasteiger partial charge in [0.2, 0.25) is 5.96 Å². The highest BCUT2D eigenvalue weighted by Crippen LogP contribution is 2.24. The first-order chi connectivity index (χ1) is 15.0. The molecular weight excluding hydrogens is 444 g/mol. The Morgan fingerprint density at radius 1 is 1.19 bits per heavy atom. The summed E-state index contributed by atoms with van der Waals surface area (Å²) >= 11 is 13.7. The first-order valence-corrected chi connectivity index (χ1v) is 12.6. The average Bonchev–Trinajstić information content (AvgIpc) is 3.17. The Morgan fingerprint density at radius 2 is 1.97 bits per heavy atom. The third-order valence-corrected chi connectivity index (χ3v) is 6.79. The number of benzene rings is 2. The molecule has 1 heterocycles. The van der Waals surface area contributed by atoms with Crippen LogP contribution in [0.1, 0.15) is 40.0 Å². The van der Waals surface area contributed by atoms with Gasteiger partial charge in [0.15, 0.2) is 5.11 Å². The molecule has 1 atom stereocenters. The Balaban J connectivity index is 1.66. The minimum absolute atomic E-state index is 0.190. The predicted molar refractivity (Wildman–Crippen MR) is 141 cm³/mol. The van der Waals surface area contributed by atoms with Crippen LogP contribution in [0.15, 0.2) is 58.4 Å². The lowest BCUT2D eigenvalue weighted by Gasteiger charge is -2.23. The summed E-state index contributed by atoms with van der Waals surface area (Å²) in [5, 5.41) is 8.05. The van der Waals surface area contributed by atoms with Crippen molar-refractivity contribution in [2.24, 2.45) is 10.9 Å². The number of aliphatic imine (C=N–C) groups is 1. The van der Waals surface area contributed by atoms with Gasteiger partial charge >= 0.3 is 0 Å². The lowest BCUT2D eigenvalue weighted by Crippen LogP contribution is -2.42. The van der Waals surface area contributed by atoms with Gasteiger partial charge in [-0.1, -0.05) is 51.3 Å². The van der Waals surface area contributed by atoms with Crippen molar-refractivity contribution in [1.82, 2.24) is 4.90 Å². The molecule has 31 heavy (non-hydrogen) atoms. The number of nitrogens with zero attached hydrogens (tertiary/aromatic N) is 2. The van der Waals surface area contributed by atoms with E-state index in [9.17, 15) is 0 Å². The van der Waals surface area contributed by atoms with Crippen molar-refractivity contribution in [2.45, 2.75) is 51.0 Å². The van der Waals surface area contributed by atoms with Gasteiger partial charge in [-0.3, -0.25) is 4.90 Å². The third kappa shape index (κ3) is 7.13. The third-order valence-electron chi connectivity index (χ3n) is 5.13. The molecule has 0 fully saturated rings. The van der Waals surface area contributed by atoms with Gasteiger partial charge in [0.1, 0.15) is 0 Å². The normalized spacial score (nSPS) is 15.8. The second-order valence-electron chi connectivity index (χ2n) is 8.02. The molecule has 0 aliphatic carbocycles. The van der Waals surface area contributed by atoms with Crippen LogP contribution in [0.3, 0.4) is 0 Å². The zero-order valence-electron chi connectivity index (χ0n) is 18.4. The molecule has 2 aromatic rings. The zero-order valence-corrected chi connectivity index (χ0v) is 20.8. The summed E-state index contributed by atoms with van der Waals surface area (Å²) in [5.41, 5.74) is 1.88. The van der Waals surface area contributed by atoms with Gasteiger partial charge in [-0.05, 0) is 72.8 Å². The largest absolute Gasteiger partial charge is 0.332 e. The van der Waals surface area contributed by atoms with E-state index in [0.717, 1.165) is 23.9 Å². The quantitative estimate of drug-likeness (QED) is 0.242. The van der Waals surface area contributed by atoms with Crippen LogP contribution >= 0.6 is 35.6 Å². The van der Waals surface area contributed by atoms with Crippen LogP contribution in [-0.4, -0.2) is 34.3 Å². The van der Waals surface area contributed by atoms with E-state index >= 15 is 0 Å². The van der Waals surface area contributed by atoms with Crippen molar-refractivity contribution in [3.63, 3.8) is 0 Å². The molecule has 0 saturated heterocycles. The van der Waals surface area contributed by atoms with Crippen LogP contribution in [0.5, 0.6) is 0 Å². The van der Waals surface area contributed by atoms with Crippen molar-refractivity contribution in [3.8, 4) is 0 Å². The molecule has 3 rings (SSSR count). The van der Waals surface area contributed by atoms with Crippen LogP contribution in [0.25, 0.3) is 0 Å². The van der Waals surface area contributed by atoms with Crippen molar-refractivity contribution in [2.75, 3.05) is 22.9 Å². The number of anilines is 2. The Hall–Kier alpha value is -1.76. The second-order valence-corrected chi connectivity index (χ2v) is 10.0. The van der Waals surface area contributed by atoms with E-state index in [-0.39, 0.29) is 6.04 Å². The Labute approximate surface area is 200 Å². The summed E-state index contributed by atoms with van der Waals surface area (Å²) in [4.78, 5) is 8.24. The number of nitrogens with one attached hydrogen (secondary N) is 2. The van der Waals surface area contributed by atoms with Gasteiger partial charge in [0, 0.05) is 21.3 Å². The van der Waals surface area contributed by atoms with E-state index in [2.05, 4.69) is 55.7 Å². The molecule has 4 nitrogen and oxygen atoms in total. The molecule has 0 aromatic heterocycles. The molecule has 0 spiro atoms. The maximum Gasteiger partial charge on any atom is 0.205 e. The fourth-order valence-electron chi connectivity index (χ4n) is 3.24. The van der Waals surface area contributed by atoms with Gasteiger partial charge in [0.25, 0.3) is 0 Å². The van der Waals surface area contributed by atoms with Crippen LogP contribution in [0.4, 0.5) is 11.4 Å². The molecule has 0 amide bonds. The molecule has 2 aromatic carbocycles. The van der Waals surface area contributed by atoms with Crippen molar-refractivity contribution in [1.29, 1.82) is 0 Å². The molecule has 0 radical (unpaired) electrons. The summed E-state index contributed by atoms with van der Waals surface area (Å²) in [7, 11) is 0. The zero-order chi connectivity index (χ0) is 22.2. The maximum absolute atomic E-state index is 6.11. The lowest BCUT2D eigenvalue weighted by molar-refractivity contribution is 0.465. The summed E-state index contributed by atoms with van der Waals surface area (Å²) in [5.74, 6) is 2.37. The van der Waals surface area contributed by atoms with Gasteiger partial charge in [-0.15, -0.1) is 11.8 Å². The highest BCUT2D eigenvalue weighted by molar-refractivity contribution is 7.99. The molecule has 0 bridgehead atoms. The minimum Gasteiger partial charge on any atom is -0.332 e. The number of hydrogen-bond donors (Lipinski definition) is 2. The molecule has 7 heteroatoms. The second kappa shape index (κ2) is 11.7. The number of rotatable bonds is 8. The van der Waals surface area contributed by atoms with Gasteiger partial charge in [-0.2, -0.15) is 0 Å². The van der Waals surface area contributed by atoms with E-state index in [4.69, 9.17) is 28.8 Å². The highest BCUT2D eigenvalue weighted by atomic mass is 35.5. The predicted octanol–water partition coefficient (Wildman–Crippen LogP) is 7.13. The molecule has 2 N–H and O–H groups in total. The molecule has 1 aliphatic heterocycles. The summed E-state index contributed by atoms with van der Waals surface area (Å²) in [6.07, 6.45) is 3.82. The smallest absolute Gasteiger partial charge is 0.205 e. The number of hydrogen-bond acceptors (Lipinski definition) is 4. The average molecular weight is 475 g/mol. The lowest BCUT2D eigenvalue weighted by atomic mass is 10.1. The number of unbranched alkanes of at least 4 members (excludes halogenated alkanes) is 2. The Morgan fingerprint density at radius 3 is 2.65 bits per heavy atom. The fraction of sp³-hybridized carbons (Fsp3) is 0.417. The van der Waals surface area contributed by atoms with Crippen molar-refractivity contribution in [3.05, 3.63) is 53.6 Å². The van der Waals surface area contributed by atoms with Crippen molar-refractivity contribution >= 4 is 58.0 Å². The molecular formula is C24H31ClN4S2. The molecule has 1 unspecified atom stereocenters. The maximum atomic E-state index is 6.11. The van der Waals surface area contributed by atoms with Crippen molar-refractivity contribution < 1.29 is 0 Å². The number of halogens is 1. The molecule has 1 aliphatic rings. The molecule has 0 saturated carbocycles. The number of thioether (sulfide) groups is 1. The minimum atomic E-state index is 0.190. The van der Waals surface area contributed by atoms with E-state index < -0.39 is 0 Å². The van der Waals surface area contributed by atoms with Gasteiger partial charge in [0.05, 0.1) is 12.6 Å². The summed E-state index contributed by atoms with van der Waals surface area (Å²) < 4.78 is 0. The topological polar surface area (TPSA) is 39.7 Å². The first kappa shape index (κ1) is 23.9. The van der Waals surface area contributed by atoms with Gasteiger partial charge in [-0.25, -0.2) is 4.99 Å². The van der Waals surface area contributed by atoms with Crippen LogP contribution < -0.4 is 10.6 Å². The summed E-state index contributed by atoms with van der Waals surface area (Å²) in [6, 6.07) is 16.3. The van der Waals surface area contributed by atoms with E-state index in [1.54, 1.807) is 0 Å². The van der Waals surface area contributed by atoms with E-state index in [0.29, 0.717) is 16.1 Å². The molecule has 166 valence electrons. The standard InChI is InChI=1S/C24H31ClN4S2/c1-4-5-6-14-31-21-12-10-19(11-13-21)26-23-28-22(17(2)3)16-29(23)24(30)27-20-9-7-8-18(25)15-20/h7-13,15,17,22H,4-6,14,16H2,1-3H3,(H,26,28)(H,27,30). The first-order valence-electron chi connectivity index (χ1n) is 10.9. The SMILES string of the molecule is CCCCCSc1ccc(NC2=NC(C(C)C)CN2C(=S)Nc2cccc(Cl)c2)cc1. The monoisotopic (exact) mass is 474 g/mol. The van der Waals surface area contributed by atoms with E-state index in [1.807, 2.05) is 40.9 Å². The van der Waals surface area contributed by atoms with Crippen LogP contribution in [0, 0.1) is 5.92 Å². The van der Waals surface area contributed by atoms with Crippen LogP contribution in [-0.2, 0) is 0 Å². The Kier molecular flexibility index (Phi) is 9.05. The highest BCUT2D eigenvalue weighted by Gasteiger charge is 2.30. The van der Waals surface area contributed by atoms with E-state index in [1.165, 1.54) is 29.9 Å². The Bertz CT molecular complexity index is 899.